The normalized spacial score (nSPS) is 18.0. The maximum atomic E-state index is 8.69. The average Bonchev–Trinajstić information content (AvgIpc) is 3.18. The number of benzene rings is 1. The summed E-state index contributed by atoms with van der Waals surface area (Å²) in [6.45, 7) is 12.9. The molecule has 1 aromatic rings. The van der Waals surface area contributed by atoms with Crippen LogP contribution in [0.3, 0.4) is 0 Å². The van der Waals surface area contributed by atoms with E-state index in [1.807, 2.05) is 0 Å². The fourth-order valence-corrected chi connectivity index (χ4v) is 5.39. The Morgan fingerprint density at radius 2 is 1.41 bits per heavy atom. The molecular weight excluding hydrogens is 402 g/mol. The molecule has 29 heavy (non-hydrogen) atoms. The molecule has 2 aliphatic heterocycles. The fourth-order valence-electron chi connectivity index (χ4n) is 4.37. The lowest BCUT2D eigenvalue weighted by atomic mass is 9.82. The van der Waals surface area contributed by atoms with Crippen LogP contribution < -0.4 is 10.6 Å². The van der Waals surface area contributed by atoms with Gasteiger partial charge in [0.05, 0.1) is 10.6 Å². The lowest BCUT2D eigenvalue weighted by molar-refractivity contribution is 0.741. The van der Waals surface area contributed by atoms with Gasteiger partial charge in [0.15, 0.2) is 11.0 Å². The molecule has 0 spiro atoms. The topological polar surface area (TPSA) is 84.1 Å². The van der Waals surface area contributed by atoms with Gasteiger partial charge < -0.3 is 10.6 Å². The van der Waals surface area contributed by atoms with Crippen molar-refractivity contribution in [3.63, 3.8) is 0 Å². The molecule has 4 N–H and O–H groups in total. The number of thioether (sulfide) groups is 1. The van der Waals surface area contributed by atoms with Gasteiger partial charge in [-0.1, -0.05) is 27.7 Å². The molecule has 3 rings (SSSR count). The predicted molar refractivity (Wildman–Crippen MR) is 129 cm³/mol. The van der Waals surface area contributed by atoms with Gasteiger partial charge in [-0.2, -0.15) is 0 Å². The molecule has 2 heterocycles. The maximum Gasteiger partial charge on any atom is 0.168 e. The van der Waals surface area contributed by atoms with Gasteiger partial charge >= 0.3 is 0 Å². The molecule has 5 nitrogen and oxygen atoms in total. The standard InChI is InChI=1S/C22H31N5S.ClH/c1-7-12-13(8-2)15(10-4)17-16(14(12)9-3)18(26-20(17)23)19-21(24)27-22(28-19)25-11(5)6;/h11H,7-10H2,1-6H3,(H2,23,26)(H2,24,25,27);1H/b19-18+;. The highest BCUT2D eigenvalue weighted by molar-refractivity contribution is 8.18. The van der Waals surface area contributed by atoms with E-state index in [0.29, 0.717) is 5.84 Å². The fraction of sp³-hybridized carbons (Fsp3) is 0.500. The van der Waals surface area contributed by atoms with Crippen molar-refractivity contribution in [3.8, 4) is 0 Å². The third-order valence-electron chi connectivity index (χ3n) is 5.38. The van der Waals surface area contributed by atoms with E-state index in [-0.39, 0.29) is 24.3 Å². The zero-order chi connectivity index (χ0) is 20.6. The maximum absolute atomic E-state index is 8.69. The first-order chi connectivity index (χ1) is 13.4. The van der Waals surface area contributed by atoms with Crippen molar-refractivity contribution >= 4 is 46.7 Å². The van der Waals surface area contributed by atoms with Gasteiger partial charge in [0.2, 0.25) is 0 Å². The number of hydrogen-bond acceptors (Lipinski definition) is 4. The van der Waals surface area contributed by atoms with Gasteiger partial charge in [0.1, 0.15) is 5.84 Å². The van der Waals surface area contributed by atoms with Crippen molar-refractivity contribution in [3.05, 3.63) is 38.3 Å². The molecule has 0 fully saturated rings. The van der Waals surface area contributed by atoms with Gasteiger partial charge in [0, 0.05) is 17.2 Å². The van der Waals surface area contributed by atoms with E-state index in [1.54, 1.807) is 0 Å². The van der Waals surface area contributed by atoms with Crippen LogP contribution in [0.1, 0.15) is 74.9 Å². The van der Waals surface area contributed by atoms with E-state index < -0.39 is 0 Å². The summed E-state index contributed by atoms with van der Waals surface area (Å²) >= 11 is 1.50. The number of nitrogens with one attached hydrogen (secondary N) is 4. The highest BCUT2D eigenvalue weighted by Crippen LogP contribution is 2.42. The number of aliphatic imine (C=N–C) groups is 1. The number of rotatable bonds is 5. The minimum Gasteiger partial charge on any atom is -0.362 e. The third-order valence-corrected chi connectivity index (χ3v) is 6.38. The summed E-state index contributed by atoms with van der Waals surface area (Å²) in [6.07, 6.45) is 3.81. The van der Waals surface area contributed by atoms with E-state index in [4.69, 9.17) is 10.8 Å². The van der Waals surface area contributed by atoms with Crippen LogP contribution in [0, 0.1) is 10.8 Å². The summed E-state index contributed by atoms with van der Waals surface area (Å²) in [5, 5.41) is 24.5. The molecule has 0 saturated heterocycles. The molecule has 0 amide bonds. The molecule has 158 valence electrons. The Kier molecular flexibility index (Phi) is 7.57. The van der Waals surface area contributed by atoms with Crippen LogP contribution in [0.5, 0.6) is 0 Å². The monoisotopic (exact) mass is 433 g/mol. The first-order valence-electron chi connectivity index (χ1n) is 10.3. The molecule has 0 bridgehead atoms. The summed E-state index contributed by atoms with van der Waals surface area (Å²) in [5.74, 6) is 0.731. The Labute approximate surface area is 184 Å². The largest absolute Gasteiger partial charge is 0.362 e. The Hall–Kier alpha value is -1.79. The van der Waals surface area contributed by atoms with E-state index in [1.165, 1.54) is 34.0 Å². The second-order valence-electron chi connectivity index (χ2n) is 7.45. The Bertz CT molecular complexity index is 915. The summed E-state index contributed by atoms with van der Waals surface area (Å²) < 4.78 is 0. The quantitative estimate of drug-likeness (QED) is 0.525. The summed E-state index contributed by atoms with van der Waals surface area (Å²) in [7, 11) is 0. The number of halogens is 1. The van der Waals surface area contributed by atoms with Gasteiger partial charge in [0.25, 0.3) is 0 Å². The smallest absolute Gasteiger partial charge is 0.168 e. The predicted octanol–water partition coefficient (Wildman–Crippen LogP) is 5.03. The minimum atomic E-state index is 0. The summed E-state index contributed by atoms with van der Waals surface area (Å²) in [6, 6.07) is 0.266. The summed E-state index contributed by atoms with van der Waals surface area (Å²) in [5.41, 5.74) is 8.50. The van der Waals surface area contributed by atoms with Crippen LogP contribution in [0.4, 0.5) is 0 Å². The van der Waals surface area contributed by atoms with E-state index in [2.05, 4.69) is 57.2 Å². The zero-order valence-corrected chi connectivity index (χ0v) is 19.8. The third kappa shape index (κ3) is 3.97. The molecule has 7 heteroatoms. The van der Waals surface area contributed by atoms with Crippen LogP contribution in [0.2, 0.25) is 0 Å². The van der Waals surface area contributed by atoms with Crippen molar-refractivity contribution < 1.29 is 0 Å². The zero-order valence-electron chi connectivity index (χ0n) is 18.2. The Morgan fingerprint density at radius 3 is 1.90 bits per heavy atom. The first-order valence-corrected chi connectivity index (χ1v) is 11.1. The summed E-state index contributed by atoms with van der Waals surface area (Å²) in [4.78, 5) is 5.23. The lowest BCUT2D eigenvalue weighted by Gasteiger charge is -2.21. The molecule has 0 aromatic heterocycles. The molecule has 2 aliphatic rings. The van der Waals surface area contributed by atoms with Crippen molar-refractivity contribution in [2.75, 3.05) is 0 Å². The van der Waals surface area contributed by atoms with Crippen molar-refractivity contribution in [1.29, 1.82) is 10.8 Å². The highest BCUT2D eigenvalue weighted by Gasteiger charge is 2.35. The molecule has 0 atom stereocenters. The van der Waals surface area contributed by atoms with Gasteiger partial charge in [-0.25, -0.2) is 4.99 Å². The highest BCUT2D eigenvalue weighted by atomic mass is 35.5. The van der Waals surface area contributed by atoms with Crippen LogP contribution in [0.25, 0.3) is 5.70 Å². The lowest BCUT2D eigenvalue weighted by Crippen LogP contribution is -2.26. The van der Waals surface area contributed by atoms with Gasteiger partial charge in [-0.3, -0.25) is 10.8 Å². The number of fused-ring (bicyclic) bond motifs is 1. The van der Waals surface area contributed by atoms with Crippen molar-refractivity contribution in [2.45, 2.75) is 73.3 Å². The molecule has 0 unspecified atom stereocenters. The second kappa shape index (κ2) is 9.35. The van der Waals surface area contributed by atoms with Crippen LogP contribution >= 0.6 is 24.2 Å². The number of hydrogen-bond donors (Lipinski definition) is 4. The van der Waals surface area contributed by atoms with E-state index in [9.17, 15) is 0 Å². The van der Waals surface area contributed by atoms with Crippen molar-refractivity contribution in [1.82, 2.24) is 10.6 Å². The van der Waals surface area contributed by atoms with Crippen molar-refractivity contribution in [2.24, 2.45) is 4.99 Å². The van der Waals surface area contributed by atoms with E-state index >= 15 is 0 Å². The average molecular weight is 434 g/mol. The van der Waals surface area contributed by atoms with Gasteiger partial charge in [-0.15, -0.1) is 12.4 Å². The van der Waals surface area contributed by atoms with Crippen LogP contribution in [-0.4, -0.2) is 22.9 Å². The second-order valence-corrected chi connectivity index (χ2v) is 8.45. The molecule has 0 radical (unpaired) electrons. The molecule has 1 aromatic carbocycles. The van der Waals surface area contributed by atoms with Crippen LogP contribution in [-0.2, 0) is 25.7 Å². The molecule has 0 aliphatic carbocycles. The first kappa shape index (κ1) is 23.5. The van der Waals surface area contributed by atoms with E-state index in [0.717, 1.165) is 52.6 Å². The Morgan fingerprint density at radius 1 is 0.897 bits per heavy atom. The number of nitrogens with zero attached hydrogens (tertiary/aromatic N) is 1. The minimum absolute atomic E-state index is 0. The number of amidine groups is 3. The molecule has 0 saturated carbocycles. The van der Waals surface area contributed by atoms with Crippen LogP contribution in [0.15, 0.2) is 9.90 Å². The SMILES string of the molecule is CCc1c(CC)c(CC)c2c(c1CC)C(=N)N/C2=C1/SC(NC(C)C)=NC1=N.Cl. The molecular formula is C22H32ClN5S. The Balaban J connectivity index is 0.00000300. The van der Waals surface area contributed by atoms with Gasteiger partial charge in [-0.05, 0) is 73.5 Å².